The van der Waals surface area contributed by atoms with Crippen LogP contribution in [0.3, 0.4) is 0 Å². The molecule has 1 fully saturated rings. The average Bonchev–Trinajstić information content (AvgIpc) is 2.76. The van der Waals surface area contributed by atoms with E-state index in [1.807, 2.05) is 6.92 Å². The number of anilines is 1. The minimum absolute atomic E-state index is 0.0853. The van der Waals surface area contributed by atoms with E-state index < -0.39 is 0 Å². The summed E-state index contributed by atoms with van der Waals surface area (Å²) in [6, 6.07) is 3.56. The second-order valence-electron chi connectivity index (χ2n) is 4.48. The zero-order chi connectivity index (χ0) is 12.4. The van der Waals surface area contributed by atoms with Crippen LogP contribution in [-0.4, -0.2) is 12.1 Å². The monoisotopic (exact) mass is 297 g/mol. The van der Waals surface area contributed by atoms with E-state index in [1.165, 1.54) is 0 Å². The van der Waals surface area contributed by atoms with Crippen LogP contribution in [0.2, 0.25) is 0 Å². The second kappa shape index (κ2) is 5.08. The van der Waals surface area contributed by atoms with E-state index in [0.717, 1.165) is 35.7 Å². The Labute approximate surface area is 109 Å². The van der Waals surface area contributed by atoms with Crippen molar-refractivity contribution in [3.05, 3.63) is 27.7 Å². The zero-order valence-electron chi connectivity index (χ0n) is 9.83. The predicted molar refractivity (Wildman–Crippen MR) is 71.0 cm³/mol. The fraction of sp³-hybridized carbons (Fsp3) is 0.462. The first kappa shape index (κ1) is 12.4. The summed E-state index contributed by atoms with van der Waals surface area (Å²) in [7, 11) is 0. The van der Waals surface area contributed by atoms with Crippen molar-refractivity contribution >= 4 is 27.6 Å². The SMILES string of the molecule is Cc1c(N)cc(Br)cc1C(=O)OC1CCCC1. The van der Waals surface area contributed by atoms with E-state index in [4.69, 9.17) is 10.5 Å². The van der Waals surface area contributed by atoms with Crippen molar-refractivity contribution in [1.29, 1.82) is 0 Å². The molecule has 4 heteroatoms. The summed E-state index contributed by atoms with van der Waals surface area (Å²) in [5, 5.41) is 0. The summed E-state index contributed by atoms with van der Waals surface area (Å²) < 4.78 is 6.28. The molecule has 17 heavy (non-hydrogen) atoms. The molecule has 92 valence electrons. The van der Waals surface area contributed by atoms with Gasteiger partial charge in [0.2, 0.25) is 0 Å². The summed E-state index contributed by atoms with van der Waals surface area (Å²) in [5.74, 6) is -0.262. The van der Waals surface area contributed by atoms with E-state index in [0.29, 0.717) is 11.3 Å². The molecule has 0 aliphatic heterocycles. The van der Waals surface area contributed by atoms with Crippen LogP contribution in [-0.2, 0) is 4.74 Å². The van der Waals surface area contributed by atoms with Crippen molar-refractivity contribution in [3.8, 4) is 0 Å². The fourth-order valence-corrected chi connectivity index (χ4v) is 2.61. The van der Waals surface area contributed by atoms with Gasteiger partial charge >= 0.3 is 5.97 Å². The standard InChI is InChI=1S/C13H16BrNO2/c1-8-11(6-9(14)7-12(8)15)13(16)17-10-4-2-3-5-10/h6-7,10H,2-5,15H2,1H3. The molecule has 3 nitrogen and oxygen atoms in total. The van der Waals surface area contributed by atoms with Gasteiger partial charge in [-0.15, -0.1) is 0 Å². The van der Waals surface area contributed by atoms with Gasteiger partial charge in [0.1, 0.15) is 6.10 Å². The third-order valence-electron chi connectivity index (χ3n) is 3.21. The van der Waals surface area contributed by atoms with Gasteiger partial charge in [-0.05, 0) is 50.3 Å². The van der Waals surface area contributed by atoms with Crippen molar-refractivity contribution in [2.45, 2.75) is 38.7 Å². The molecule has 0 saturated heterocycles. The number of hydrogen-bond acceptors (Lipinski definition) is 3. The number of hydrogen-bond donors (Lipinski definition) is 1. The van der Waals surface area contributed by atoms with Gasteiger partial charge in [0, 0.05) is 10.2 Å². The van der Waals surface area contributed by atoms with Gasteiger partial charge in [-0.1, -0.05) is 15.9 Å². The minimum Gasteiger partial charge on any atom is -0.459 e. The van der Waals surface area contributed by atoms with Crippen LogP contribution in [0.1, 0.15) is 41.6 Å². The van der Waals surface area contributed by atoms with Crippen LogP contribution in [0, 0.1) is 6.92 Å². The number of rotatable bonds is 2. The van der Waals surface area contributed by atoms with Crippen molar-refractivity contribution in [2.75, 3.05) is 5.73 Å². The average molecular weight is 298 g/mol. The van der Waals surface area contributed by atoms with Gasteiger partial charge in [0.15, 0.2) is 0 Å². The first-order valence-electron chi connectivity index (χ1n) is 5.84. The molecule has 0 radical (unpaired) electrons. The molecular weight excluding hydrogens is 282 g/mol. The molecule has 2 rings (SSSR count). The van der Waals surface area contributed by atoms with Crippen LogP contribution >= 0.6 is 15.9 Å². The number of nitrogens with two attached hydrogens (primary N) is 1. The van der Waals surface area contributed by atoms with Crippen molar-refractivity contribution < 1.29 is 9.53 Å². The molecule has 0 amide bonds. The maximum atomic E-state index is 12.0. The summed E-state index contributed by atoms with van der Waals surface area (Å²) in [6.45, 7) is 1.84. The van der Waals surface area contributed by atoms with Crippen LogP contribution in [0.25, 0.3) is 0 Å². The molecule has 0 atom stereocenters. The predicted octanol–water partition coefficient (Wildman–Crippen LogP) is 3.44. The lowest BCUT2D eigenvalue weighted by atomic mass is 10.1. The van der Waals surface area contributed by atoms with Crippen LogP contribution in [0.15, 0.2) is 16.6 Å². The van der Waals surface area contributed by atoms with Gasteiger partial charge < -0.3 is 10.5 Å². The summed E-state index contributed by atoms with van der Waals surface area (Å²) in [6.07, 6.45) is 4.35. The highest BCUT2D eigenvalue weighted by Gasteiger charge is 2.21. The smallest absolute Gasteiger partial charge is 0.338 e. The quantitative estimate of drug-likeness (QED) is 0.672. The number of esters is 1. The van der Waals surface area contributed by atoms with Crippen LogP contribution in [0.5, 0.6) is 0 Å². The summed E-state index contributed by atoms with van der Waals surface area (Å²) in [5.41, 5.74) is 7.79. The lowest BCUT2D eigenvalue weighted by Crippen LogP contribution is -2.16. The fourth-order valence-electron chi connectivity index (χ4n) is 2.13. The highest BCUT2D eigenvalue weighted by Crippen LogP contribution is 2.26. The van der Waals surface area contributed by atoms with Gasteiger partial charge in [0.05, 0.1) is 5.56 Å². The van der Waals surface area contributed by atoms with E-state index in [2.05, 4.69) is 15.9 Å². The number of nitrogen functional groups attached to an aromatic ring is 1. The van der Waals surface area contributed by atoms with E-state index in [9.17, 15) is 4.79 Å². The van der Waals surface area contributed by atoms with E-state index in [-0.39, 0.29) is 12.1 Å². The molecule has 0 unspecified atom stereocenters. The lowest BCUT2D eigenvalue weighted by Gasteiger charge is -2.13. The van der Waals surface area contributed by atoms with Gasteiger partial charge in [-0.25, -0.2) is 4.79 Å². The molecule has 0 heterocycles. The number of benzene rings is 1. The number of halogens is 1. The lowest BCUT2D eigenvalue weighted by molar-refractivity contribution is 0.0317. The largest absolute Gasteiger partial charge is 0.459 e. The minimum atomic E-state index is -0.262. The van der Waals surface area contributed by atoms with Gasteiger partial charge in [0.25, 0.3) is 0 Å². The molecule has 0 aromatic heterocycles. The van der Waals surface area contributed by atoms with Crippen LogP contribution < -0.4 is 5.73 Å². The molecule has 1 aromatic carbocycles. The van der Waals surface area contributed by atoms with Crippen molar-refractivity contribution in [2.24, 2.45) is 0 Å². The molecule has 1 aromatic rings. The first-order valence-corrected chi connectivity index (χ1v) is 6.64. The Morgan fingerprint density at radius 1 is 1.41 bits per heavy atom. The highest BCUT2D eigenvalue weighted by molar-refractivity contribution is 9.10. The van der Waals surface area contributed by atoms with Crippen molar-refractivity contribution in [1.82, 2.24) is 0 Å². The summed E-state index contributed by atoms with van der Waals surface area (Å²) in [4.78, 5) is 12.0. The zero-order valence-corrected chi connectivity index (χ0v) is 11.4. The molecule has 0 bridgehead atoms. The van der Waals surface area contributed by atoms with E-state index >= 15 is 0 Å². The number of carbonyl (C=O) groups excluding carboxylic acids is 1. The molecule has 2 N–H and O–H groups in total. The second-order valence-corrected chi connectivity index (χ2v) is 5.40. The maximum Gasteiger partial charge on any atom is 0.338 e. The third kappa shape index (κ3) is 2.80. The topological polar surface area (TPSA) is 52.3 Å². The molecule has 1 aliphatic rings. The molecule has 1 saturated carbocycles. The Morgan fingerprint density at radius 3 is 2.71 bits per heavy atom. The molecular formula is C13H16BrNO2. The molecule has 1 aliphatic carbocycles. The highest BCUT2D eigenvalue weighted by atomic mass is 79.9. The number of carbonyl (C=O) groups is 1. The molecule has 0 spiro atoms. The Balaban J connectivity index is 2.18. The summed E-state index contributed by atoms with van der Waals surface area (Å²) >= 11 is 3.34. The third-order valence-corrected chi connectivity index (χ3v) is 3.67. The normalized spacial score (nSPS) is 16.1. The van der Waals surface area contributed by atoms with Crippen molar-refractivity contribution in [3.63, 3.8) is 0 Å². The van der Waals surface area contributed by atoms with Gasteiger partial charge in [-0.2, -0.15) is 0 Å². The Morgan fingerprint density at radius 2 is 2.06 bits per heavy atom. The Hall–Kier alpha value is -1.03. The Kier molecular flexibility index (Phi) is 3.72. The number of ether oxygens (including phenoxy) is 1. The van der Waals surface area contributed by atoms with E-state index in [1.54, 1.807) is 12.1 Å². The van der Waals surface area contributed by atoms with Crippen LogP contribution in [0.4, 0.5) is 5.69 Å². The Bertz CT molecular complexity index is 439. The van der Waals surface area contributed by atoms with Gasteiger partial charge in [-0.3, -0.25) is 0 Å². The first-order chi connectivity index (χ1) is 8.08. The maximum absolute atomic E-state index is 12.0.